The molecule has 84 valence electrons. The van der Waals surface area contributed by atoms with Gasteiger partial charge in [-0.1, -0.05) is 18.2 Å². The summed E-state index contributed by atoms with van der Waals surface area (Å²) in [5.41, 5.74) is 6.63. The molecule has 0 aliphatic heterocycles. The van der Waals surface area contributed by atoms with Crippen LogP contribution < -0.4 is 4.68 Å². The molecule has 0 atom stereocenters. The van der Waals surface area contributed by atoms with Gasteiger partial charge in [0.15, 0.2) is 13.2 Å². The molecular formula is C14H14N3+. The fourth-order valence-corrected chi connectivity index (χ4v) is 2.92. The van der Waals surface area contributed by atoms with E-state index in [1.54, 1.807) is 0 Å². The highest BCUT2D eigenvalue weighted by atomic mass is 15.3. The summed E-state index contributed by atoms with van der Waals surface area (Å²) in [6.07, 6.45) is 4.44. The molecule has 2 heterocycles. The van der Waals surface area contributed by atoms with E-state index in [9.17, 15) is 0 Å². The summed E-state index contributed by atoms with van der Waals surface area (Å²) >= 11 is 0. The maximum Gasteiger partial charge on any atom is 0.199 e. The third kappa shape index (κ3) is 1.14. The molecule has 3 aromatic rings. The number of nitrogens with zero attached hydrogens (tertiary/aromatic N) is 1. The fraction of sp³-hybridized carbons (Fsp3) is 0.214. The number of hydrogen-bond acceptors (Lipinski definition) is 0. The Labute approximate surface area is 99.1 Å². The number of hydrogen-bond donors (Lipinski definition) is 2. The van der Waals surface area contributed by atoms with Crippen LogP contribution in [0.2, 0.25) is 0 Å². The van der Waals surface area contributed by atoms with Crippen molar-refractivity contribution < 1.29 is 4.68 Å². The highest BCUT2D eigenvalue weighted by Gasteiger charge is 2.24. The van der Waals surface area contributed by atoms with Crippen LogP contribution in [0.15, 0.2) is 30.5 Å². The number of nitrogens with one attached hydrogen (secondary N) is 2. The van der Waals surface area contributed by atoms with Crippen LogP contribution in [0.25, 0.3) is 22.3 Å². The van der Waals surface area contributed by atoms with Crippen LogP contribution in [0, 0.1) is 0 Å². The lowest BCUT2D eigenvalue weighted by atomic mass is 9.94. The number of aryl methyl sites for hydroxylation is 3. The Bertz CT molecular complexity index is 718. The van der Waals surface area contributed by atoms with Gasteiger partial charge in [0.05, 0.1) is 5.69 Å². The van der Waals surface area contributed by atoms with Crippen LogP contribution in [0.1, 0.15) is 11.1 Å². The van der Waals surface area contributed by atoms with Crippen molar-refractivity contribution in [2.24, 2.45) is 7.05 Å². The largest absolute Gasteiger partial charge is 0.353 e. The van der Waals surface area contributed by atoms with Crippen molar-refractivity contribution in [3.8, 4) is 11.4 Å². The van der Waals surface area contributed by atoms with Crippen LogP contribution >= 0.6 is 0 Å². The number of fused-ring (bicyclic) bond motifs is 5. The first-order chi connectivity index (χ1) is 8.33. The molecule has 0 radical (unpaired) electrons. The highest BCUT2D eigenvalue weighted by Crippen LogP contribution is 2.35. The number of H-pyrrole nitrogens is 2. The van der Waals surface area contributed by atoms with Crippen molar-refractivity contribution in [1.82, 2.24) is 10.1 Å². The van der Waals surface area contributed by atoms with Crippen molar-refractivity contribution in [3.63, 3.8) is 0 Å². The standard InChI is InChI=1S/C14H13N3/c1-17-8-9-6-7-11-10-4-2-3-5-12(10)15-14(11)13(9)16-17/h2-5,8H,6-7H2,1H3,(H,15,16)/p+1. The summed E-state index contributed by atoms with van der Waals surface area (Å²) in [5, 5.41) is 4.77. The van der Waals surface area contributed by atoms with Crippen molar-refractivity contribution in [3.05, 3.63) is 41.6 Å². The Morgan fingerprint density at radius 1 is 1.12 bits per heavy atom. The number of aromatic nitrogens is 3. The third-order valence-corrected chi connectivity index (χ3v) is 3.67. The molecule has 0 amide bonds. The third-order valence-electron chi connectivity index (χ3n) is 3.67. The SMILES string of the molecule is C[n+]1cc2c([nH]1)-c1[nH]c3ccccc3c1CC2. The van der Waals surface area contributed by atoms with Gasteiger partial charge in [0.1, 0.15) is 5.69 Å². The van der Waals surface area contributed by atoms with Crippen LogP contribution in [-0.4, -0.2) is 10.1 Å². The molecule has 4 rings (SSSR count). The molecule has 0 saturated heterocycles. The van der Waals surface area contributed by atoms with Crippen LogP contribution in [0.4, 0.5) is 0 Å². The van der Waals surface area contributed by atoms with Crippen molar-refractivity contribution >= 4 is 10.9 Å². The average Bonchev–Trinajstić information content (AvgIpc) is 2.87. The quantitative estimate of drug-likeness (QED) is 0.548. The molecule has 0 spiro atoms. The predicted molar refractivity (Wildman–Crippen MR) is 66.7 cm³/mol. The van der Waals surface area contributed by atoms with Gasteiger partial charge in [0.2, 0.25) is 0 Å². The second-order valence-electron chi connectivity index (χ2n) is 4.78. The molecule has 1 aromatic carbocycles. The lowest BCUT2D eigenvalue weighted by Crippen LogP contribution is -2.28. The van der Waals surface area contributed by atoms with Gasteiger partial charge in [-0.2, -0.15) is 5.10 Å². The number of para-hydroxylation sites is 1. The summed E-state index contributed by atoms with van der Waals surface area (Å²) in [4.78, 5) is 3.54. The zero-order chi connectivity index (χ0) is 11.4. The maximum atomic E-state index is 3.54. The van der Waals surface area contributed by atoms with Crippen molar-refractivity contribution in [2.75, 3.05) is 0 Å². The minimum absolute atomic E-state index is 1.13. The smallest absolute Gasteiger partial charge is 0.199 e. The van der Waals surface area contributed by atoms with Gasteiger partial charge in [-0.15, -0.1) is 4.68 Å². The summed E-state index contributed by atoms with van der Waals surface area (Å²) in [5.74, 6) is 0. The number of benzene rings is 1. The Morgan fingerprint density at radius 2 is 2.00 bits per heavy atom. The first kappa shape index (κ1) is 9.05. The number of aromatic amines is 2. The molecule has 2 N–H and O–H groups in total. The predicted octanol–water partition coefficient (Wildman–Crippen LogP) is 2.09. The zero-order valence-electron chi connectivity index (χ0n) is 9.75. The second-order valence-corrected chi connectivity index (χ2v) is 4.78. The van der Waals surface area contributed by atoms with E-state index in [-0.39, 0.29) is 0 Å². The van der Waals surface area contributed by atoms with Crippen molar-refractivity contribution in [2.45, 2.75) is 12.8 Å². The first-order valence-corrected chi connectivity index (χ1v) is 6.00. The van der Waals surface area contributed by atoms with Gasteiger partial charge in [0.25, 0.3) is 0 Å². The Balaban J connectivity index is 2.09. The second kappa shape index (κ2) is 3.00. The van der Waals surface area contributed by atoms with Gasteiger partial charge in [-0.3, -0.25) is 0 Å². The normalized spacial score (nSPS) is 13.7. The fourth-order valence-electron chi connectivity index (χ4n) is 2.92. The van der Waals surface area contributed by atoms with Crippen molar-refractivity contribution in [1.29, 1.82) is 0 Å². The van der Waals surface area contributed by atoms with E-state index in [1.165, 1.54) is 33.4 Å². The molecular weight excluding hydrogens is 210 g/mol. The van der Waals surface area contributed by atoms with E-state index in [0.717, 1.165) is 12.8 Å². The Hall–Kier alpha value is -2.03. The monoisotopic (exact) mass is 224 g/mol. The van der Waals surface area contributed by atoms with E-state index in [2.05, 4.69) is 40.5 Å². The first-order valence-electron chi connectivity index (χ1n) is 6.00. The lowest BCUT2D eigenvalue weighted by molar-refractivity contribution is -0.726. The molecule has 0 bridgehead atoms. The highest BCUT2D eigenvalue weighted by molar-refractivity contribution is 5.91. The summed E-state index contributed by atoms with van der Waals surface area (Å²) in [6.45, 7) is 0. The molecule has 0 fully saturated rings. The molecule has 1 aliphatic rings. The molecule has 0 saturated carbocycles. The van der Waals surface area contributed by atoms with Gasteiger partial charge in [-0.25, -0.2) is 0 Å². The molecule has 2 aromatic heterocycles. The van der Waals surface area contributed by atoms with Gasteiger partial charge in [0, 0.05) is 16.5 Å². The Kier molecular flexibility index (Phi) is 1.60. The van der Waals surface area contributed by atoms with Gasteiger partial charge in [-0.05, 0) is 24.5 Å². The van der Waals surface area contributed by atoms with E-state index in [0.29, 0.717) is 0 Å². The molecule has 1 aliphatic carbocycles. The lowest BCUT2D eigenvalue weighted by Gasteiger charge is -2.09. The van der Waals surface area contributed by atoms with Gasteiger partial charge < -0.3 is 4.98 Å². The molecule has 3 nitrogen and oxygen atoms in total. The summed E-state index contributed by atoms with van der Waals surface area (Å²) in [6, 6.07) is 8.55. The van der Waals surface area contributed by atoms with Crippen LogP contribution in [0.5, 0.6) is 0 Å². The summed E-state index contributed by atoms with van der Waals surface area (Å²) in [7, 11) is 2.04. The summed E-state index contributed by atoms with van der Waals surface area (Å²) < 4.78 is 2.03. The van der Waals surface area contributed by atoms with Gasteiger partial charge >= 0.3 is 0 Å². The maximum absolute atomic E-state index is 3.54. The minimum atomic E-state index is 1.13. The van der Waals surface area contributed by atoms with E-state index in [4.69, 9.17) is 0 Å². The topological polar surface area (TPSA) is 35.5 Å². The molecule has 0 unspecified atom stereocenters. The minimum Gasteiger partial charge on any atom is -0.353 e. The molecule has 17 heavy (non-hydrogen) atoms. The average molecular weight is 224 g/mol. The van der Waals surface area contributed by atoms with Crippen LogP contribution in [0.3, 0.4) is 0 Å². The molecule has 3 heteroatoms. The Morgan fingerprint density at radius 3 is 2.94 bits per heavy atom. The number of rotatable bonds is 0. The van der Waals surface area contributed by atoms with E-state index in [1.807, 2.05) is 11.7 Å². The van der Waals surface area contributed by atoms with E-state index < -0.39 is 0 Å². The zero-order valence-corrected chi connectivity index (χ0v) is 9.75. The van der Waals surface area contributed by atoms with E-state index >= 15 is 0 Å². The van der Waals surface area contributed by atoms with Crippen LogP contribution in [-0.2, 0) is 19.9 Å².